The minimum Gasteiger partial charge on any atom is -0.492 e. The van der Waals surface area contributed by atoms with Crippen molar-refractivity contribution in [3.63, 3.8) is 0 Å². The van der Waals surface area contributed by atoms with Crippen molar-refractivity contribution in [2.75, 3.05) is 19.7 Å². The highest BCUT2D eigenvalue weighted by Crippen LogP contribution is 2.16. The van der Waals surface area contributed by atoms with Gasteiger partial charge < -0.3 is 9.72 Å². The van der Waals surface area contributed by atoms with Crippen LogP contribution in [0, 0.1) is 0 Å². The summed E-state index contributed by atoms with van der Waals surface area (Å²) in [4.78, 5) is 21.6. The lowest BCUT2D eigenvalue weighted by Gasteiger charge is -2.20. The lowest BCUT2D eigenvalue weighted by atomic mass is 10.2. The Morgan fingerprint density at radius 2 is 1.93 bits per heavy atom. The second kappa shape index (κ2) is 8.91. The molecule has 2 aromatic carbocycles. The van der Waals surface area contributed by atoms with Crippen molar-refractivity contribution in [3.05, 3.63) is 63.7 Å². The minimum atomic E-state index is -3.72. The van der Waals surface area contributed by atoms with E-state index in [9.17, 15) is 13.2 Å². The molecule has 0 radical (unpaired) electrons. The predicted molar refractivity (Wildman–Crippen MR) is 112 cm³/mol. The number of ether oxygens (including phenoxy) is 1. The Labute approximate surface area is 173 Å². The summed E-state index contributed by atoms with van der Waals surface area (Å²) in [5, 5.41) is 6.09. The number of rotatable bonds is 8. The molecule has 1 aromatic heterocycles. The summed E-state index contributed by atoms with van der Waals surface area (Å²) in [6, 6.07) is 10.9. The van der Waals surface area contributed by atoms with E-state index in [0.717, 1.165) is 6.54 Å². The van der Waals surface area contributed by atoms with Crippen LogP contribution in [0.25, 0.3) is 10.9 Å². The second-order valence-electron chi connectivity index (χ2n) is 6.41. The molecule has 0 aliphatic heterocycles. The van der Waals surface area contributed by atoms with Gasteiger partial charge in [0.05, 0.1) is 22.3 Å². The van der Waals surface area contributed by atoms with E-state index >= 15 is 0 Å². The molecule has 0 spiro atoms. The number of aromatic amines is 1. The van der Waals surface area contributed by atoms with E-state index in [0.29, 0.717) is 47.2 Å². The Morgan fingerprint density at radius 1 is 1.21 bits per heavy atom. The van der Waals surface area contributed by atoms with Crippen LogP contribution in [0.2, 0.25) is 5.02 Å². The van der Waals surface area contributed by atoms with Gasteiger partial charge in [-0.05, 0) is 49.0 Å². The van der Waals surface area contributed by atoms with E-state index in [1.807, 2.05) is 6.92 Å². The molecule has 0 saturated heterocycles. The number of sulfonamides is 1. The van der Waals surface area contributed by atoms with Gasteiger partial charge in [-0.15, -0.1) is 0 Å². The van der Waals surface area contributed by atoms with Crippen molar-refractivity contribution in [1.82, 2.24) is 14.9 Å². The molecule has 154 valence electrons. The summed E-state index contributed by atoms with van der Waals surface area (Å²) in [5.41, 5.74) is 0.349. The highest BCUT2D eigenvalue weighted by Gasteiger charge is 2.10. The van der Waals surface area contributed by atoms with Crippen molar-refractivity contribution in [1.29, 1.82) is 0 Å². The molecule has 0 bridgehead atoms. The first kappa shape index (κ1) is 21.3. The fourth-order valence-electron chi connectivity index (χ4n) is 2.81. The molecular formula is C19H21ClN4O4S. The van der Waals surface area contributed by atoms with Crippen molar-refractivity contribution >= 4 is 32.5 Å². The van der Waals surface area contributed by atoms with Crippen LogP contribution in [-0.2, 0) is 16.6 Å². The van der Waals surface area contributed by atoms with Crippen LogP contribution in [0.3, 0.4) is 0 Å². The third kappa shape index (κ3) is 5.54. The Balaban J connectivity index is 1.62. The summed E-state index contributed by atoms with van der Waals surface area (Å²) in [5.74, 6) is 1.09. The number of likely N-dealkylation sites (N-methyl/N-ethyl adjacent to an activating group) is 1. The largest absolute Gasteiger partial charge is 0.492 e. The summed E-state index contributed by atoms with van der Waals surface area (Å²) in [7, 11) is -3.72. The van der Waals surface area contributed by atoms with E-state index in [1.54, 1.807) is 30.3 Å². The highest BCUT2D eigenvalue weighted by molar-refractivity contribution is 7.89. The Morgan fingerprint density at radius 3 is 2.59 bits per heavy atom. The predicted octanol–water partition coefficient (Wildman–Crippen LogP) is 2.12. The number of hydrogen-bond donors (Lipinski definition) is 2. The van der Waals surface area contributed by atoms with Crippen LogP contribution in [0.5, 0.6) is 5.75 Å². The SMILES string of the molecule is CCN(CCOc1ccc(S(N)(=O)=O)cc1)Cc1nc2cc(Cl)ccc2c(=O)[nH]1. The van der Waals surface area contributed by atoms with E-state index in [4.69, 9.17) is 21.5 Å². The van der Waals surface area contributed by atoms with Gasteiger partial charge in [0.25, 0.3) is 5.56 Å². The maximum atomic E-state index is 12.2. The third-order valence-corrected chi connectivity index (χ3v) is 5.53. The zero-order valence-electron chi connectivity index (χ0n) is 15.8. The monoisotopic (exact) mass is 436 g/mol. The highest BCUT2D eigenvalue weighted by atomic mass is 35.5. The molecule has 0 atom stereocenters. The maximum absolute atomic E-state index is 12.2. The molecule has 3 aromatic rings. The average Bonchev–Trinajstić information content (AvgIpc) is 2.66. The molecule has 10 heteroatoms. The van der Waals surface area contributed by atoms with Gasteiger partial charge in [0.15, 0.2) is 0 Å². The first-order valence-electron chi connectivity index (χ1n) is 8.93. The molecule has 0 amide bonds. The lowest BCUT2D eigenvalue weighted by molar-refractivity contribution is 0.206. The summed E-state index contributed by atoms with van der Waals surface area (Å²) in [6.45, 7) is 4.14. The fourth-order valence-corrected chi connectivity index (χ4v) is 3.50. The molecule has 0 saturated carbocycles. The zero-order valence-corrected chi connectivity index (χ0v) is 17.3. The van der Waals surface area contributed by atoms with E-state index in [-0.39, 0.29) is 10.5 Å². The molecule has 29 heavy (non-hydrogen) atoms. The van der Waals surface area contributed by atoms with Crippen LogP contribution < -0.4 is 15.4 Å². The van der Waals surface area contributed by atoms with Crippen molar-refractivity contribution in [3.8, 4) is 5.75 Å². The number of primary sulfonamides is 1. The van der Waals surface area contributed by atoms with E-state index in [1.165, 1.54) is 12.1 Å². The van der Waals surface area contributed by atoms with Gasteiger partial charge in [-0.2, -0.15) is 0 Å². The van der Waals surface area contributed by atoms with Gasteiger partial charge in [-0.25, -0.2) is 18.5 Å². The Bertz CT molecular complexity index is 1160. The third-order valence-electron chi connectivity index (χ3n) is 4.37. The standard InChI is InChI=1S/C19H21ClN4O4S/c1-2-24(9-10-28-14-4-6-15(7-5-14)29(21,26)27)12-18-22-17-11-13(20)3-8-16(17)19(25)23-18/h3-8,11H,2,9-10,12H2,1H3,(H2,21,26,27)(H,22,23,25). The van der Waals surface area contributed by atoms with Gasteiger partial charge in [0, 0.05) is 11.6 Å². The van der Waals surface area contributed by atoms with E-state index in [2.05, 4.69) is 14.9 Å². The lowest BCUT2D eigenvalue weighted by Crippen LogP contribution is -2.29. The number of H-pyrrole nitrogens is 1. The van der Waals surface area contributed by atoms with Gasteiger partial charge in [-0.3, -0.25) is 9.69 Å². The quantitative estimate of drug-likeness (QED) is 0.558. The van der Waals surface area contributed by atoms with Crippen molar-refractivity contribution in [2.45, 2.75) is 18.4 Å². The molecule has 8 nitrogen and oxygen atoms in total. The van der Waals surface area contributed by atoms with Crippen LogP contribution in [0.4, 0.5) is 0 Å². The zero-order chi connectivity index (χ0) is 21.0. The van der Waals surface area contributed by atoms with Crippen LogP contribution >= 0.6 is 11.6 Å². The molecule has 3 rings (SSSR count). The molecular weight excluding hydrogens is 416 g/mol. The van der Waals surface area contributed by atoms with Gasteiger partial charge in [0.1, 0.15) is 18.2 Å². The number of aromatic nitrogens is 2. The van der Waals surface area contributed by atoms with Crippen molar-refractivity contribution < 1.29 is 13.2 Å². The Hall–Kier alpha value is -2.46. The fraction of sp³-hybridized carbons (Fsp3) is 0.263. The second-order valence-corrected chi connectivity index (χ2v) is 8.41. The molecule has 0 unspecified atom stereocenters. The number of nitrogens with one attached hydrogen (secondary N) is 1. The number of fused-ring (bicyclic) bond motifs is 1. The van der Waals surface area contributed by atoms with Gasteiger partial charge in [0.2, 0.25) is 10.0 Å². The first-order chi connectivity index (χ1) is 13.8. The number of halogens is 1. The smallest absolute Gasteiger partial charge is 0.258 e. The number of benzene rings is 2. The van der Waals surface area contributed by atoms with E-state index < -0.39 is 10.0 Å². The van der Waals surface area contributed by atoms with Crippen LogP contribution in [0.1, 0.15) is 12.7 Å². The molecule has 0 aliphatic rings. The topological polar surface area (TPSA) is 118 Å². The van der Waals surface area contributed by atoms with Gasteiger partial charge in [-0.1, -0.05) is 18.5 Å². The number of nitrogens with two attached hydrogens (primary N) is 1. The number of nitrogens with zero attached hydrogens (tertiary/aromatic N) is 2. The summed E-state index contributed by atoms with van der Waals surface area (Å²) >= 11 is 6.00. The molecule has 1 heterocycles. The molecule has 0 fully saturated rings. The first-order valence-corrected chi connectivity index (χ1v) is 10.8. The van der Waals surface area contributed by atoms with Gasteiger partial charge >= 0.3 is 0 Å². The number of hydrogen-bond acceptors (Lipinski definition) is 6. The summed E-state index contributed by atoms with van der Waals surface area (Å²) in [6.07, 6.45) is 0. The molecule has 3 N–H and O–H groups in total. The summed E-state index contributed by atoms with van der Waals surface area (Å²) < 4.78 is 28.2. The minimum absolute atomic E-state index is 0.0338. The van der Waals surface area contributed by atoms with Crippen molar-refractivity contribution in [2.24, 2.45) is 5.14 Å². The van der Waals surface area contributed by atoms with Crippen LogP contribution in [0.15, 0.2) is 52.2 Å². The Kier molecular flexibility index (Phi) is 6.53. The average molecular weight is 437 g/mol. The maximum Gasteiger partial charge on any atom is 0.258 e. The molecule has 0 aliphatic carbocycles. The normalized spacial score (nSPS) is 11.9. The van der Waals surface area contributed by atoms with Crippen LogP contribution in [-0.4, -0.2) is 43.0 Å².